The van der Waals surface area contributed by atoms with E-state index in [-0.39, 0.29) is 24.9 Å². The fourth-order valence-electron chi connectivity index (χ4n) is 3.57. The monoisotopic (exact) mass is 429 g/mol. The zero-order valence-corrected chi connectivity index (χ0v) is 17.2. The fraction of sp³-hybridized carbons (Fsp3) is 0.429. The van der Waals surface area contributed by atoms with E-state index >= 15 is 0 Å². The van der Waals surface area contributed by atoms with Crippen LogP contribution in [-0.4, -0.2) is 65.0 Å². The predicted molar refractivity (Wildman–Crippen MR) is 113 cm³/mol. The normalized spacial score (nSPS) is 17.6. The molecule has 2 aromatic rings. The van der Waals surface area contributed by atoms with Crippen molar-refractivity contribution in [1.82, 2.24) is 26.3 Å². The molecule has 3 atom stereocenters. The summed E-state index contributed by atoms with van der Waals surface area (Å²) in [5, 5.41) is 20.9. The second-order valence-electron chi connectivity index (χ2n) is 7.62. The number of fused-ring (bicyclic) bond motifs is 1. The van der Waals surface area contributed by atoms with Crippen molar-refractivity contribution in [1.29, 1.82) is 0 Å². The van der Waals surface area contributed by atoms with E-state index in [1.165, 1.54) is 6.92 Å². The molecule has 1 aliphatic rings. The molecule has 1 aromatic carbocycles. The SMILES string of the molecule is CC(NC(=O)CNC(=O)C1CCCN1)C(=O)NC(Cc1c[nH]c2ccccc12)C(=O)O. The molecule has 6 N–H and O–H groups in total. The maximum Gasteiger partial charge on any atom is 0.326 e. The topological polar surface area (TPSA) is 152 Å². The minimum Gasteiger partial charge on any atom is -0.480 e. The molecule has 3 unspecified atom stereocenters. The summed E-state index contributed by atoms with van der Waals surface area (Å²) in [5.74, 6) is -2.58. The summed E-state index contributed by atoms with van der Waals surface area (Å²) < 4.78 is 0. The molecule has 1 fully saturated rings. The molecule has 0 saturated carbocycles. The third kappa shape index (κ3) is 5.82. The van der Waals surface area contributed by atoms with Gasteiger partial charge < -0.3 is 31.4 Å². The van der Waals surface area contributed by atoms with E-state index in [4.69, 9.17) is 0 Å². The van der Waals surface area contributed by atoms with Gasteiger partial charge in [-0.15, -0.1) is 0 Å². The van der Waals surface area contributed by atoms with Crippen LogP contribution in [-0.2, 0) is 25.6 Å². The molecule has 0 aliphatic carbocycles. The van der Waals surface area contributed by atoms with Crippen molar-refractivity contribution in [2.75, 3.05) is 13.1 Å². The number of para-hydroxylation sites is 1. The lowest BCUT2D eigenvalue weighted by molar-refractivity contribution is -0.142. The van der Waals surface area contributed by atoms with Crippen LogP contribution in [0.1, 0.15) is 25.3 Å². The van der Waals surface area contributed by atoms with Crippen LogP contribution < -0.4 is 21.3 Å². The first-order chi connectivity index (χ1) is 14.8. The van der Waals surface area contributed by atoms with Crippen LogP contribution in [0.4, 0.5) is 0 Å². The number of carbonyl (C=O) groups is 4. The number of hydrogen-bond acceptors (Lipinski definition) is 5. The molecule has 1 aliphatic heterocycles. The number of rotatable bonds is 9. The summed E-state index contributed by atoms with van der Waals surface area (Å²) in [6.45, 7) is 1.97. The zero-order valence-electron chi connectivity index (χ0n) is 17.2. The molecule has 1 saturated heterocycles. The summed E-state index contributed by atoms with van der Waals surface area (Å²) in [4.78, 5) is 51.2. The Morgan fingerprint density at radius 1 is 1.19 bits per heavy atom. The van der Waals surface area contributed by atoms with Gasteiger partial charge in [0.25, 0.3) is 0 Å². The van der Waals surface area contributed by atoms with Crippen LogP contribution in [0.2, 0.25) is 0 Å². The first-order valence-corrected chi connectivity index (χ1v) is 10.2. The highest BCUT2D eigenvalue weighted by Gasteiger charge is 2.26. The van der Waals surface area contributed by atoms with Crippen LogP contribution in [0, 0.1) is 0 Å². The predicted octanol–water partition coefficient (Wildman–Crippen LogP) is -0.347. The van der Waals surface area contributed by atoms with Gasteiger partial charge in [0.1, 0.15) is 12.1 Å². The molecular weight excluding hydrogens is 402 g/mol. The Balaban J connectivity index is 1.50. The van der Waals surface area contributed by atoms with Crippen molar-refractivity contribution in [3.8, 4) is 0 Å². The minimum atomic E-state index is -1.17. The number of aromatic nitrogens is 1. The van der Waals surface area contributed by atoms with Gasteiger partial charge in [-0.05, 0) is 37.9 Å². The Morgan fingerprint density at radius 3 is 2.68 bits per heavy atom. The zero-order chi connectivity index (χ0) is 22.4. The summed E-state index contributed by atoms with van der Waals surface area (Å²) in [6.07, 6.45) is 3.44. The lowest BCUT2D eigenvalue weighted by Gasteiger charge is -2.19. The smallest absolute Gasteiger partial charge is 0.326 e. The second-order valence-corrected chi connectivity index (χ2v) is 7.62. The number of carboxylic acid groups (broad SMARTS) is 1. The van der Waals surface area contributed by atoms with E-state index < -0.39 is 29.9 Å². The quantitative estimate of drug-likeness (QED) is 0.321. The van der Waals surface area contributed by atoms with Crippen molar-refractivity contribution in [3.63, 3.8) is 0 Å². The minimum absolute atomic E-state index is 0.0935. The van der Waals surface area contributed by atoms with Crippen LogP contribution in [0.5, 0.6) is 0 Å². The number of hydrogen-bond donors (Lipinski definition) is 6. The summed E-state index contributed by atoms with van der Waals surface area (Å²) in [7, 11) is 0. The highest BCUT2D eigenvalue weighted by Crippen LogP contribution is 2.19. The summed E-state index contributed by atoms with van der Waals surface area (Å²) in [6, 6.07) is 5.07. The molecule has 166 valence electrons. The third-order valence-corrected chi connectivity index (χ3v) is 5.28. The summed E-state index contributed by atoms with van der Waals surface area (Å²) >= 11 is 0. The summed E-state index contributed by atoms with van der Waals surface area (Å²) in [5.41, 5.74) is 1.65. The van der Waals surface area contributed by atoms with Crippen LogP contribution >= 0.6 is 0 Å². The van der Waals surface area contributed by atoms with Crippen LogP contribution in [0.25, 0.3) is 10.9 Å². The second kappa shape index (κ2) is 10.1. The van der Waals surface area contributed by atoms with E-state index in [1.807, 2.05) is 24.3 Å². The maximum atomic E-state index is 12.4. The molecule has 2 heterocycles. The Morgan fingerprint density at radius 2 is 1.97 bits per heavy atom. The number of aromatic amines is 1. The number of H-pyrrole nitrogens is 1. The largest absolute Gasteiger partial charge is 0.480 e. The number of aliphatic carboxylic acids is 1. The molecule has 10 heteroatoms. The average molecular weight is 429 g/mol. The van der Waals surface area contributed by atoms with Gasteiger partial charge in [-0.3, -0.25) is 14.4 Å². The third-order valence-electron chi connectivity index (χ3n) is 5.28. The Kier molecular flexibility index (Phi) is 7.24. The Labute approximate surface area is 179 Å². The molecule has 0 spiro atoms. The van der Waals surface area contributed by atoms with Gasteiger partial charge in [-0.25, -0.2) is 4.79 Å². The van der Waals surface area contributed by atoms with E-state index in [9.17, 15) is 24.3 Å². The fourth-order valence-corrected chi connectivity index (χ4v) is 3.57. The maximum absolute atomic E-state index is 12.4. The molecular formula is C21H27N5O5. The van der Waals surface area contributed by atoms with Gasteiger partial charge in [-0.1, -0.05) is 18.2 Å². The molecule has 0 bridgehead atoms. The number of benzene rings is 1. The molecule has 31 heavy (non-hydrogen) atoms. The van der Waals surface area contributed by atoms with E-state index in [0.717, 1.165) is 35.9 Å². The highest BCUT2D eigenvalue weighted by molar-refractivity contribution is 5.92. The number of amides is 3. The molecule has 0 radical (unpaired) electrons. The van der Waals surface area contributed by atoms with Gasteiger partial charge in [0, 0.05) is 23.5 Å². The Bertz CT molecular complexity index is 966. The number of nitrogens with one attached hydrogen (secondary N) is 5. The average Bonchev–Trinajstić information content (AvgIpc) is 3.42. The van der Waals surface area contributed by atoms with Crippen molar-refractivity contribution in [3.05, 3.63) is 36.0 Å². The molecule has 3 rings (SSSR count). The first-order valence-electron chi connectivity index (χ1n) is 10.2. The van der Waals surface area contributed by atoms with Gasteiger partial charge in [0.15, 0.2) is 0 Å². The van der Waals surface area contributed by atoms with E-state index in [2.05, 4.69) is 26.3 Å². The van der Waals surface area contributed by atoms with Crippen molar-refractivity contribution < 1.29 is 24.3 Å². The lowest BCUT2D eigenvalue weighted by atomic mass is 10.0. The molecule has 3 amide bonds. The van der Waals surface area contributed by atoms with Gasteiger partial charge >= 0.3 is 5.97 Å². The van der Waals surface area contributed by atoms with Gasteiger partial charge in [-0.2, -0.15) is 0 Å². The lowest BCUT2D eigenvalue weighted by Crippen LogP contribution is -2.53. The number of carboxylic acids is 1. The van der Waals surface area contributed by atoms with E-state index in [0.29, 0.717) is 0 Å². The van der Waals surface area contributed by atoms with E-state index in [1.54, 1.807) is 6.20 Å². The standard InChI is InChI=1S/C21H27N5O5/c1-12(25-18(27)11-24-20(29)16-7-4-8-22-16)19(28)26-17(21(30)31)9-13-10-23-15-6-3-2-5-14(13)15/h2-3,5-6,10,12,16-17,22-23H,4,7-9,11H2,1H3,(H,24,29)(H,25,27)(H,26,28)(H,30,31). The first kappa shape index (κ1) is 22.3. The van der Waals surface area contributed by atoms with Gasteiger partial charge in [0.05, 0.1) is 12.6 Å². The van der Waals surface area contributed by atoms with Crippen LogP contribution in [0.15, 0.2) is 30.5 Å². The Hall–Kier alpha value is -3.40. The number of carbonyl (C=O) groups excluding carboxylic acids is 3. The van der Waals surface area contributed by atoms with Crippen molar-refractivity contribution >= 4 is 34.6 Å². The highest BCUT2D eigenvalue weighted by atomic mass is 16.4. The van der Waals surface area contributed by atoms with Crippen LogP contribution in [0.3, 0.4) is 0 Å². The molecule has 10 nitrogen and oxygen atoms in total. The van der Waals surface area contributed by atoms with Crippen molar-refractivity contribution in [2.24, 2.45) is 0 Å². The molecule has 1 aromatic heterocycles. The van der Waals surface area contributed by atoms with Gasteiger partial charge in [0.2, 0.25) is 17.7 Å². The van der Waals surface area contributed by atoms with Crippen molar-refractivity contribution in [2.45, 2.75) is 44.3 Å².